The van der Waals surface area contributed by atoms with Gasteiger partial charge in [-0.2, -0.15) is 0 Å². The predicted octanol–water partition coefficient (Wildman–Crippen LogP) is 2.91. The van der Waals surface area contributed by atoms with Crippen LogP contribution in [0.3, 0.4) is 0 Å². The third kappa shape index (κ3) is 6.18. The molecule has 1 aliphatic heterocycles. The summed E-state index contributed by atoms with van der Waals surface area (Å²) < 4.78 is 15.2. The predicted molar refractivity (Wildman–Crippen MR) is 130 cm³/mol. The maximum absolute atomic E-state index is 12.8. The van der Waals surface area contributed by atoms with Crippen molar-refractivity contribution >= 4 is 35.1 Å². The van der Waals surface area contributed by atoms with Crippen LogP contribution in [0.2, 0.25) is 5.02 Å². The fourth-order valence-electron chi connectivity index (χ4n) is 3.39. The summed E-state index contributed by atoms with van der Waals surface area (Å²) in [5.74, 6) is -1.60. The standard InChI is InChI=1S/C24H30ClN3O6/c1-6-27(7-2)13-11-26-22(29)17-14-18(25)19(15-20(17)32-3)28-12-9-8-10-16(23(30)33-4)21(28)24(31)34-5/h8-10,12,14-15H,6-7,11,13H2,1-5H3,(H,26,29). The lowest BCUT2D eigenvalue weighted by molar-refractivity contribution is -0.139. The van der Waals surface area contributed by atoms with E-state index in [-0.39, 0.29) is 33.5 Å². The lowest BCUT2D eigenvalue weighted by atomic mass is 10.1. The minimum atomic E-state index is -0.773. The summed E-state index contributed by atoms with van der Waals surface area (Å²) in [6.07, 6.45) is 6.19. The molecule has 184 valence electrons. The Morgan fingerprint density at radius 2 is 1.71 bits per heavy atom. The number of anilines is 1. The normalized spacial score (nSPS) is 13.1. The number of nitrogens with one attached hydrogen (secondary N) is 1. The molecule has 1 aliphatic rings. The zero-order valence-electron chi connectivity index (χ0n) is 20.0. The Kier molecular flexibility index (Phi) is 10.2. The number of benzene rings is 1. The van der Waals surface area contributed by atoms with Crippen molar-refractivity contribution in [3.05, 3.63) is 58.4 Å². The third-order valence-corrected chi connectivity index (χ3v) is 5.57. The summed E-state index contributed by atoms with van der Waals surface area (Å²) in [4.78, 5) is 41.4. The topological polar surface area (TPSA) is 97.4 Å². The molecule has 1 heterocycles. The lowest BCUT2D eigenvalue weighted by Crippen LogP contribution is -2.35. The summed E-state index contributed by atoms with van der Waals surface area (Å²) in [5.41, 5.74) is 0.428. The van der Waals surface area contributed by atoms with Crippen LogP contribution in [0.15, 0.2) is 47.8 Å². The number of methoxy groups -OCH3 is 3. The Morgan fingerprint density at radius 3 is 2.29 bits per heavy atom. The number of nitrogens with zero attached hydrogens (tertiary/aromatic N) is 2. The van der Waals surface area contributed by atoms with Crippen molar-refractivity contribution in [1.29, 1.82) is 0 Å². The molecule has 0 aliphatic carbocycles. The van der Waals surface area contributed by atoms with Crippen molar-refractivity contribution in [2.75, 3.05) is 52.4 Å². The molecule has 0 bridgehead atoms. The molecule has 1 aromatic carbocycles. The number of amides is 1. The van der Waals surface area contributed by atoms with Gasteiger partial charge in [0.15, 0.2) is 0 Å². The van der Waals surface area contributed by atoms with Crippen LogP contribution < -0.4 is 15.0 Å². The fraction of sp³-hybridized carbons (Fsp3) is 0.375. The number of hydrogen-bond donors (Lipinski definition) is 1. The molecule has 0 saturated heterocycles. The average Bonchev–Trinajstić information content (AvgIpc) is 3.08. The second-order valence-electron chi connectivity index (χ2n) is 7.10. The summed E-state index contributed by atoms with van der Waals surface area (Å²) in [7, 11) is 3.84. The van der Waals surface area contributed by atoms with Crippen molar-refractivity contribution in [3.8, 4) is 5.75 Å². The molecule has 1 amide bonds. The van der Waals surface area contributed by atoms with Gasteiger partial charge in [-0.3, -0.25) is 4.79 Å². The van der Waals surface area contributed by atoms with E-state index in [1.165, 1.54) is 44.4 Å². The Labute approximate surface area is 204 Å². The number of likely N-dealkylation sites (N-methyl/N-ethyl adjacent to an activating group) is 1. The number of hydrogen-bond acceptors (Lipinski definition) is 8. The molecule has 9 nitrogen and oxygen atoms in total. The van der Waals surface area contributed by atoms with Gasteiger partial charge in [-0.1, -0.05) is 31.5 Å². The van der Waals surface area contributed by atoms with Crippen LogP contribution in [0.4, 0.5) is 5.69 Å². The molecule has 10 heteroatoms. The number of ether oxygens (including phenoxy) is 3. The van der Waals surface area contributed by atoms with Gasteiger partial charge in [0.05, 0.1) is 43.2 Å². The quantitative estimate of drug-likeness (QED) is 0.499. The molecule has 0 saturated carbocycles. The maximum atomic E-state index is 12.8. The van der Waals surface area contributed by atoms with Crippen molar-refractivity contribution < 1.29 is 28.6 Å². The first-order valence-electron chi connectivity index (χ1n) is 10.8. The molecule has 2 rings (SSSR count). The van der Waals surface area contributed by atoms with Gasteiger partial charge in [-0.25, -0.2) is 9.59 Å². The molecule has 0 aromatic heterocycles. The molecule has 0 unspecified atom stereocenters. The van der Waals surface area contributed by atoms with Crippen LogP contribution in [-0.2, 0) is 19.1 Å². The number of allylic oxidation sites excluding steroid dienone is 2. The number of rotatable bonds is 10. The first-order valence-corrected chi connectivity index (χ1v) is 11.1. The molecule has 1 aromatic rings. The van der Waals surface area contributed by atoms with E-state index in [1.54, 1.807) is 18.4 Å². The van der Waals surface area contributed by atoms with E-state index < -0.39 is 11.9 Å². The highest BCUT2D eigenvalue weighted by molar-refractivity contribution is 6.34. The van der Waals surface area contributed by atoms with E-state index in [1.807, 2.05) is 0 Å². The number of carbonyl (C=O) groups excluding carboxylic acids is 3. The number of halogens is 1. The summed E-state index contributed by atoms with van der Waals surface area (Å²) >= 11 is 6.56. The van der Waals surface area contributed by atoms with Crippen LogP contribution in [0.25, 0.3) is 0 Å². The van der Waals surface area contributed by atoms with Gasteiger partial charge < -0.3 is 29.3 Å². The Bertz CT molecular complexity index is 1010. The van der Waals surface area contributed by atoms with Gasteiger partial charge in [-0.15, -0.1) is 0 Å². The van der Waals surface area contributed by atoms with Crippen LogP contribution >= 0.6 is 11.6 Å². The molecular weight excluding hydrogens is 462 g/mol. The number of carbonyl (C=O) groups is 3. The third-order valence-electron chi connectivity index (χ3n) is 5.27. The van der Waals surface area contributed by atoms with E-state index in [0.29, 0.717) is 18.8 Å². The highest BCUT2D eigenvalue weighted by atomic mass is 35.5. The highest BCUT2D eigenvalue weighted by Gasteiger charge is 2.29. The Balaban J connectivity index is 2.48. The monoisotopic (exact) mass is 491 g/mol. The average molecular weight is 492 g/mol. The van der Waals surface area contributed by atoms with Crippen molar-refractivity contribution in [1.82, 2.24) is 10.2 Å². The van der Waals surface area contributed by atoms with E-state index in [2.05, 4.69) is 24.1 Å². The Hall–Kier alpha value is -3.30. The minimum absolute atomic E-state index is 0.0207. The second-order valence-corrected chi connectivity index (χ2v) is 7.51. The smallest absolute Gasteiger partial charge is 0.355 e. The van der Waals surface area contributed by atoms with Gasteiger partial charge in [-0.05, 0) is 31.3 Å². The fourth-order valence-corrected chi connectivity index (χ4v) is 3.64. The molecule has 0 atom stereocenters. The van der Waals surface area contributed by atoms with Gasteiger partial charge in [0, 0.05) is 25.4 Å². The second kappa shape index (κ2) is 12.8. The molecular formula is C24H30ClN3O6. The first-order chi connectivity index (χ1) is 16.3. The first kappa shape index (κ1) is 26.9. The van der Waals surface area contributed by atoms with Crippen molar-refractivity contribution in [2.45, 2.75) is 13.8 Å². The van der Waals surface area contributed by atoms with Crippen molar-refractivity contribution in [3.63, 3.8) is 0 Å². The molecule has 1 N–H and O–H groups in total. The van der Waals surface area contributed by atoms with E-state index in [0.717, 1.165) is 13.1 Å². The minimum Gasteiger partial charge on any atom is -0.496 e. The van der Waals surface area contributed by atoms with Gasteiger partial charge in [0.25, 0.3) is 5.91 Å². The zero-order chi connectivity index (χ0) is 25.3. The largest absolute Gasteiger partial charge is 0.496 e. The van der Waals surface area contributed by atoms with Crippen molar-refractivity contribution in [2.24, 2.45) is 0 Å². The zero-order valence-corrected chi connectivity index (χ0v) is 20.8. The molecule has 0 radical (unpaired) electrons. The van der Waals surface area contributed by atoms with E-state index in [9.17, 15) is 14.4 Å². The van der Waals surface area contributed by atoms with E-state index >= 15 is 0 Å². The maximum Gasteiger partial charge on any atom is 0.355 e. The summed E-state index contributed by atoms with van der Waals surface area (Å²) in [6, 6.07) is 2.98. The van der Waals surface area contributed by atoms with Gasteiger partial charge >= 0.3 is 11.9 Å². The number of esters is 2. The van der Waals surface area contributed by atoms with Crippen LogP contribution in [0, 0.1) is 0 Å². The van der Waals surface area contributed by atoms with Gasteiger partial charge in [0.1, 0.15) is 11.4 Å². The molecule has 0 spiro atoms. The summed E-state index contributed by atoms with van der Waals surface area (Å²) in [5, 5.41) is 3.03. The van der Waals surface area contributed by atoms with Crippen LogP contribution in [0.5, 0.6) is 5.75 Å². The lowest BCUT2D eigenvalue weighted by Gasteiger charge is -2.25. The SMILES string of the molecule is CCN(CC)CCNC(=O)c1cc(Cl)c(N2C=CC=CC(C(=O)OC)=C2C(=O)OC)cc1OC. The van der Waals surface area contributed by atoms with Crippen LogP contribution in [0.1, 0.15) is 24.2 Å². The highest BCUT2D eigenvalue weighted by Crippen LogP contribution is 2.37. The molecule has 0 fully saturated rings. The van der Waals surface area contributed by atoms with E-state index in [4.69, 9.17) is 25.8 Å². The molecule has 34 heavy (non-hydrogen) atoms. The summed E-state index contributed by atoms with van der Waals surface area (Å²) in [6.45, 7) is 7.06. The van der Waals surface area contributed by atoms with Gasteiger partial charge in [0.2, 0.25) is 0 Å². The van der Waals surface area contributed by atoms with Crippen LogP contribution in [-0.4, -0.2) is 70.3 Å². The Morgan fingerprint density at radius 1 is 1.03 bits per heavy atom.